The summed E-state index contributed by atoms with van der Waals surface area (Å²) in [4.78, 5) is 62.0. The van der Waals surface area contributed by atoms with Gasteiger partial charge >= 0.3 is 33.3 Å². The van der Waals surface area contributed by atoms with Crippen molar-refractivity contribution < 1.29 is 71.0 Å². The number of phosphoric acid groups is 2. The predicted molar refractivity (Wildman–Crippen MR) is 261 cm³/mol. The Morgan fingerprint density at radius 3 is 1.97 bits per heavy atom. The molecule has 0 amide bonds. The van der Waals surface area contributed by atoms with Crippen LogP contribution in [0.5, 0.6) is 0 Å². The van der Waals surface area contributed by atoms with E-state index >= 15 is 0 Å². The van der Waals surface area contributed by atoms with Crippen molar-refractivity contribution in [2.45, 2.75) is 231 Å². The third kappa shape index (κ3) is 27.2. The number of nitrogen functional groups attached to an aromatic ring is 1. The Kier molecular flexibility index (Phi) is 29.9. The minimum Gasteiger partial charge on any atom is -0.462 e. The first-order valence-electron chi connectivity index (χ1n) is 25.7. The highest BCUT2D eigenvalue weighted by Crippen LogP contribution is 2.60. The molecule has 2 aliphatic rings. The summed E-state index contributed by atoms with van der Waals surface area (Å²) in [5, 5.41) is 20.9. The molecule has 2 fully saturated rings. The van der Waals surface area contributed by atoms with E-state index in [9.17, 15) is 43.5 Å². The number of aliphatic hydroxyl groups excluding tert-OH is 2. The summed E-state index contributed by atoms with van der Waals surface area (Å²) in [6.07, 6.45) is 24.6. The number of unbranched alkanes of at least 4 members (excludes halogenated alkanes) is 18. The van der Waals surface area contributed by atoms with Gasteiger partial charge in [-0.1, -0.05) is 148 Å². The summed E-state index contributed by atoms with van der Waals surface area (Å²) in [7, 11) is -10.8. The largest absolute Gasteiger partial charge is 0.481 e. The molecule has 3 heterocycles. The minimum absolute atomic E-state index is 0.0301. The molecule has 0 spiro atoms. The molecule has 0 aromatic carbocycles. The van der Waals surface area contributed by atoms with Gasteiger partial charge in [-0.05, 0) is 50.5 Å². The summed E-state index contributed by atoms with van der Waals surface area (Å²) >= 11 is 0. The molecule has 19 nitrogen and oxygen atoms in total. The molecule has 21 heteroatoms. The van der Waals surface area contributed by atoms with E-state index in [0.717, 1.165) is 87.3 Å². The Balaban J connectivity index is 1.40. The number of nitrogens with zero attached hydrogens (tertiary/aromatic N) is 2. The number of ether oxygens (including phenoxy) is 4. The number of aromatic nitrogens is 2. The van der Waals surface area contributed by atoms with Crippen molar-refractivity contribution in [2.24, 2.45) is 5.92 Å². The Morgan fingerprint density at radius 1 is 0.754 bits per heavy atom. The average Bonchev–Trinajstić information content (AvgIpc) is 3.98. The van der Waals surface area contributed by atoms with Gasteiger partial charge in [-0.15, -0.1) is 0 Å². The highest BCUT2D eigenvalue weighted by Gasteiger charge is 2.46. The zero-order valence-electron chi connectivity index (χ0n) is 41.5. The summed E-state index contributed by atoms with van der Waals surface area (Å²) in [6, 6.07) is 1.25. The highest BCUT2D eigenvalue weighted by molar-refractivity contribution is 7.61. The maximum absolute atomic E-state index is 12.9. The molecule has 0 bridgehead atoms. The fourth-order valence-electron chi connectivity index (χ4n) is 8.09. The minimum atomic E-state index is -5.43. The van der Waals surface area contributed by atoms with Gasteiger partial charge in [-0.25, -0.2) is 13.9 Å². The predicted octanol–water partition coefficient (Wildman–Crippen LogP) is 9.29. The number of aliphatic hydroxyl groups is 2. The fraction of sp³-hybridized carbons (Fsp3) is 0.833. The number of carbonyl (C=O) groups is 2. The van der Waals surface area contributed by atoms with Crippen molar-refractivity contribution >= 4 is 33.4 Å². The van der Waals surface area contributed by atoms with Gasteiger partial charge < -0.3 is 44.7 Å². The first kappa shape index (κ1) is 60.8. The zero-order chi connectivity index (χ0) is 50.5. The molecular formula is C48H85N3O16P2. The lowest BCUT2D eigenvalue weighted by atomic mass is 10.0. The normalized spacial score (nSPS) is 22.4. The second-order valence-electron chi connectivity index (χ2n) is 18.9. The number of hydrogen-bond donors (Lipinski definition) is 5. The molecular weight excluding hydrogens is 936 g/mol. The lowest BCUT2D eigenvalue weighted by Crippen LogP contribution is -2.36. The number of carbonyl (C=O) groups excluding carboxylic acids is 2. The molecule has 1 aromatic heterocycles. The Morgan fingerprint density at radius 2 is 1.35 bits per heavy atom. The van der Waals surface area contributed by atoms with E-state index in [1.54, 1.807) is 0 Å². The van der Waals surface area contributed by atoms with Crippen molar-refractivity contribution in [3.8, 4) is 0 Å². The molecule has 0 saturated carbocycles. The van der Waals surface area contributed by atoms with E-state index in [4.69, 9.17) is 33.7 Å². The van der Waals surface area contributed by atoms with E-state index < -0.39 is 83.7 Å². The molecule has 1 aromatic rings. The van der Waals surface area contributed by atoms with Crippen LogP contribution in [0.3, 0.4) is 0 Å². The molecule has 9 atom stereocenters. The van der Waals surface area contributed by atoms with E-state index in [1.807, 2.05) is 0 Å². The van der Waals surface area contributed by atoms with Crippen molar-refractivity contribution in [1.82, 2.24) is 9.55 Å². The van der Waals surface area contributed by atoms with Crippen molar-refractivity contribution in [3.63, 3.8) is 0 Å². The van der Waals surface area contributed by atoms with E-state index in [1.165, 1.54) is 76.7 Å². The van der Waals surface area contributed by atoms with Gasteiger partial charge in [0, 0.05) is 19.0 Å². The smallest absolute Gasteiger partial charge is 0.462 e. The monoisotopic (exact) mass is 1020 g/mol. The maximum Gasteiger partial charge on any atom is 0.481 e. The lowest BCUT2D eigenvalue weighted by molar-refractivity contribution is -0.161. The van der Waals surface area contributed by atoms with Gasteiger partial charge in [0.1, 0.15) is 30.7 Å². The summed E-state index contributed by atoms with van der Waals surface area (Å²) in [6.45, 7) is 4.42. The molecule has 0 radical (unpaired) electrons. The van der Waals surface area contributed by atoms with Gasteiger partial charge in [0.05, 0.1) is 25.4 Å². The standard InChI is InChI=1S/C48H85N3O16P2/c1-4-5-6-7-18-23-28-39-40(65-39)29-24-19-16-21-26-31-44(53)64-38(34-61-43(52)30-25-20-15-13-11-9-8-10-12-14-17-22-27-37(2)3)35-62-68(57,58)67-69(59,60)63-36-41-45(54)46(55)47(66-41)51-33-32-42(49)50-48(51)56/h18,23,32-33,37-41,45-47,54-55H,4-17,19-22,24-31,34-36H2,1-3H3,(H,57,58)(H,59,60)(H2,49,50,56)/b23-18-/t38-,39?,40?,41-,45-,46-,47-/m1/s1. The maximum atomic E-state index is 12.9. The summed E-state index contributed by atoms with van der Waals surface area (Å²) < 4.78 is 62.6. The molecule has 3 rings (SSSR count). The first-order chi connectivity index (χ1) is 33.0. The summed E-state index contributed by atoms with van der Waals surface area (Å²) in [5.74, 6) is -0.533. The van der Waals surface area contributed by atoms with Gasteiger partial charge in [0.25, 0.3) is 0 Å². The van der Waals surface area contributed by atoms with Crippen molar-refractivity contribution in [3.05, 3.63) is 34.9 Å². The van der Waals surface area contributed by atoms with Gasteiger partial charge in [0.2, 0.25) is 0 Å². The van der Waals surface area contributed by atoms with Crippen molar-refractivity contribution in [2.75, 3.05) is 25.6 Å². The van der Waals surface area contributed by atoms with Crippen LogP contribution in [0.4, 0.5) is 5.82 Å². The fourth-order valence-corrected chi connectivity index (χ4v) is 10.2. The lowest BCUT2D eigenvalue weighted by Gasteiger charge is -2.21. The van der Waals surface area contributed by atoms with Crippen LogP contribution >= 0.6 is 15.6 Å². The van der Waals surface area contributed by atoms with Gasteiger partial charge in [0.15, 0.2) is 12.3 Å². The van der Waals surface area contributed by atoms with Crippen LogP contribution in [-0.2, 0) is 51.0 Å². The SMILES string of the molecule is CCCCC/C=C\CC1OC1CCCCCCCC(=O)O[C@H](COC(=O)CCCCCCCCCCCCCCC(C)C)COP(=O)(O)OP(=O)(O)OC[C@H]1O[C@@H](n2ccc(N)nc2=O)[C@H](O)[C@@H]1O. The van der Waals surface area contributed by atoms with Gasteiger partial charge in [-0.3, -0.25) is 23.2 Å². The number of nitrogens with two attached hydrogens (primary N) is 1. The number of epoxide rings is 1. The molecule has 2 aliphatic heterocycles. The number of esters is 2. The Hall–Kier alpha value is -2.54. The molecule has 69 heavy (non-hydrogen) atoms. The third-order valence-electron chi connectivity index (χ3n) is 12.2. The quantitative estimate of drug-likeness (QED) is 0.0134. The number of phosphoric ester groups is 2. The van der Waals surface area contributed by atoms with E-state index in [2.05, 4.69) is 42.2 Å². The van der Waals surface area contributed by atoms with Crippen LogP contribution in [0.1, 0.15) is 194 Å². The van der Waals surface area contributed by atoms with Crippen LogP contribution in [-0.4, -0.2) is 97.9 Å². The Labute approximate surface area is 409 Å². The second-order valence-corrected chi connectivity index (χ2v) is 21.9. The average molecular weight is 1020 g/mol. The zero-order valence-corrected chi connectivity index (χ0v) is 43.3. The van der Waals surface area contributed by atoms with Gasteiger partial charge in [-0.2, -0.15) is 9.29 Å². The first-order valence-corrected chi connectivity index (χ1v) is 28.7. The number of rotatable bonds is 41. The number of hydrogen-bond acceptors (Lipinski definition) is 16. The molecule has 398 valence electrons. The van der Waals surface area contributed by atoms with E-state index in [-0.39, 0.29) is 18.7 Å². The van der Waals surface area contributed by atoms with Crippen LogP contribution in [0, 0.1) is 5.92 Å². The molecule has 6 N–H and O–H groups in total. The molecule has 2 saturated heterocycles. The summed E-state index contributed by atoms with van der Waals surface area (Å²) in [5.41, 5.74) is 4.59. The van der Waals surface area contributed by atoms with Crippen LogP contribution in [0.25, 0.3) is 0 Å². The highest BCUT2D eigenvalue weighted by atomic mass is 31.3. The third-order valence-corrected chi connectivity index (χ3v) is 14.8. The van der Waals surface area contributed by atoms with Crippen molar-refractivity contribution in [1.29, 1.82) is 0 Å². The number of allylic oxidation sites excluding steroid dienone is 1. The molecule has 0 aliphatic carbocycles. The topological polar surface area (TPSA) is 278 Å². The van der Waals surface area contributed by atoms with Crippen LogP contribution < -0.4 is 11.4 Å². The molecule has 4 unspecified atom stereocenters. The van der Waals surface area contributed by atoms with Crippen LogP contribution in [0.2, 0.25) is 0 Å². The van der Waals surface area contributed by atoms with E-state index in [0.29, 0.717) is 25.0 Å². The number of anilines is 1. The second kappa shape index (κ2) is 34.0. The Bertz CT molecular complexity index is 1790. The van der Waals surface area contributed by atoms with Crippen LogP contribution in [0.15, 0.2) is 29.2 Å².